The van der Waals surface area contributed by atoms with Gasteiger partial charge in [-0.2, -0.15) is 0 Å². The highest BCUT2D eigenvalue weighted by Crippen LogP contribution is 2.25. The van der Waals surface area contributed by atoms with Gasteiger partial charge in [-0.05, 0) is 55.5 Å². The summed E-state index contributed by atoms with van der Waals surface area (Å²) in [7, 11) is 0. The van der Waals surface area contributed by atoms with Gasteiger partial charge in [-0.1, -0.05) is 48.6 Å². The predicted molar refractivity (Wildman–Crippen MR) is 134 cm³/mol. The molecular formula is C28H30N4O. The van der Waals surface area contributed by atoms with Crippen molar-refractivity contribution < 1.29 is 4.79 Å². The van der Waals surface area contributed by atoms with E-state index in [-0.39, 0.29) is 5.91 Å². The van der Waals surface area contributed by atoms with Gasteiger partial charge < -0.3 is 14.8 Å². The highest BCUT2D eigenvalue weighted by atomic mass is 16.2. The zero-order valence-electron chi connectivity index (χ0n) is 18.9. The number of nitrogens with one attached hydrogen (secondary N) is 1. The molecule has 1 fully saturated rings. The van der Waals surface area contributed by atoms with Gasteiger partial charge in [-0.3, -0.25) is 9.78 Å². The van der Waals surface area contributed by atoms with Crippen molar-refractivity contribution in [3.05, 3.63) is 96.5 Å². The molecule has 3 heterocycles. The van der Waals surface area contributed by atoms with E-state index in [1.54, 1.807) is 12.4 Å². The Bertz CT molecular complexity index is 1200. The molecule has 1 aromatic carbocycles. The Hall–Kier alpha value is -3.60. The third kappa shape index (κ3) is 4.92. The van der Waals surface area contributed by atoms with Gasteiger partial charge in [0.05, 0.1) is 0 Å². The molecule has 2 aliphatic rings. The number of likely N-dealkylation sites (tertiary alicyclic amines) is 1. The van der Waals surface area contributed by atoms with Crippen LogP contribution < -0.4 is 5.32 Å². The molecular weight excluding hydrogens is 408 g/mol. The largest absolute Gasteiger partial charge is 0.382 e. The molecule has 5 rings (SSSR count). The minimum Gasteiger partial charge on any atom is -0.382 e. The summed E-state index contributed by atoms with van der Waals surface area (Å²) in [5.41, 5.74) is 4.34. The smallest absolute Gasteiger partial charge is 0.270 e. The van der Waals surface area contributed by atoms with E-state index in [0.717, 1.165) is 67.6 Å². The normalized spacial score (nSPS) is 16.6. The zero-order valence-corrected chi connectivity index (χ0v) is 18.9. The number of anilines is 1. The van der Waals surface area contributed by atoms with Crippen LogP contribution in [0.25, 0.3) is 10.9 Å². The number of hydrogen-bond donors (Lipinski definition) is 1. The molecule has 0 saturated carbocycles. The fraction of sp³-hybridized carbons (Fsp3) is 0.286. The van der Waals surface area contributed by atoms with Crippen LogP contribution >= 0.6 is 0 Å². The highest BCUT2D eigenvalue weighted by Gasteiger charge is 2.26. The summed E-state index contributed by atoms with van der Waals surface area (Å²) in [6, 6.07) is 14.7. The minimum absolute atomic E-state index is 0.139. The molecule has 1 aliphatic heterocycles. The van der Waals surface area contributed by atoms with Crippen molar-refractivity contribution in [2.45, 2.75) is 38.3 Å². The SMILES string of the molecule is O=C(c1cc2ccccc2n1CCC1=CCC=CC=C1)N1CCC(Nc2ccncc2)CC1. The lowest BCUT2D eigenvalue weighted by Gasteiger charge is -2.33. The summed E-state index contributed by atoms with van der Waals surface area (Å²) < 4.78 is 2.21. The Morgan fingerprint density at radius 2 is 1.88 bits per heavy atom. The molecule has 5 heteroatoms. The Balaban J connectivity index is 1.30. The number of rotatable bonds is 6. The number of aromatic nitrogens is 2. The molecule has 33 heavy (non-hydrogen) atoms. The Kier molecular flexibility index (Phi) is 6.38. The topological polar surface area (TPSA) is 50.2 Å². The van der Waals surface area contributed by atoms with Crippen LogP contribution in [0.1, 0.15) is 36.2 Å². The van der Waals surface area contributed by atoms with Gasteiger partial charge in [0.2, 0.25) is 0 Å². The summed E-state index contributed by atoms with van der Waals surface area (Å²) in [6.07, 6.45) is 18.2. The number of hydrogen-bond acceptors (Lipinski definition) is 3. The number of amides is 1. The molecule has 3 aromatic rings. The molecule has 0 unspecified atom stereocenters. The van der Waals surface area contributed by atoms with Gasteiger partial charge in [0.15, 0.2) is 0 Å². The summed E-state index contributed by atoms with van der Waals surface area (Å²) in [5.74, 6) is 0.139. The fourth-order valence-corrected chi connectivity index (χ4v) is 4.75. The third-order valence-corrected chi connectivity index (χ3v) is 6.56. The average molecular weight is 439 g/mol. The van der Waals surface area contributed by atoms with Crippen LogP contribution in [0, 0.1) is 0 Å². The van der Waals surface area contributed by atoms with E-state index in [4.69, 9.17) is 0 Å². The molecule has 1 amide bonds. The van der Waals surface area contributed by atoms with E-state index < -0.39 is 0 Å². The van der Waals surface area contributed by atoms with Crippen molar-refractivity contribution in [1.29, 1.82) is 0 Å². The van der Waals surface area contributed by atoms with Crippen molar-refractivity contribution in [3.63, 3.8) is 0 Å². The van der Waals surface area contributed by atoms with Crippen LogP contribution in [0.15, 0.2) is 90.8 Å². The molecule has 0 bridgehead atoms. The summed E-state index contributed by atoms with van der Waals surface area (Å²) in [6.45, 7) is 2.33. The molecule has 1 aliphatic carbocycles. The van der Waals surface area contributed by atoms with Gasteiger partial charge in [0.25, 0.3) is 5.91 Å². The Labute approximate surface area is 195 Å². The Morgan fingerprint density at radius 1 is 1.06 bits per heavy atom. The van der Waals surface area contributed by atoms with E-state index >= 15 is 0 Å². The molecule has 168 valence electrons. The van der Waals surface area contributed by atoms with Gasteiger partial charge >= 0.3 is 0 Å². The maximum Gasteiger partial charge on any atom is 0.270 e. The molecule has 1 saturated heterocycles. The molecule has 0 spiro atoms. The summed E-state index contributed by atoms with van der Waals surface area (Å²) in [5, 5.41) is 4.70. The van der Waals surface area contributed by atoms with E-state index in [2.05, 4.69) is 69.5 Å². The number of allylic oxidation sites excluding steroid dienone is 6. The number of carbonyl (C=O) groups is 1. The number of para-hydroxylation sites is 1. The molecule has 5 nitrogen and oxygen atoms in total. The van der Waals surface area contributed by atoms with E-state index in [1.165, 1.54) is 5.57 Å². The van der Waals surface area contributed by atoms with Crippen LogP contribution in [-0.4, -0.2) is 39.5 Å². The van der Waals surface area contributed by atoms with Gasteiger partial charge in [-0.15, -0.1) is 0 Å². The zero-order chi connectivity index (χ0) is 22.5. The molecule has 0 radical (unpaired) electrons. The number of pyridine rings is 1. The van der Waals surface area contributed by atoms with Crippen molar-refractivity contribution in [3.8, 4) is 0 Å². The average Bonchev–Trinajstić information content (AvgIpc) is 3.02. The molecule has 1 N–H and O–H groups in total. The number of fused-ring (bicyclic) bond motifs is 1. The first-order chi connectivity index (χ1) is 16.3. The van der Waals surface area contributed by atoms with Crippen molar-refractivity contribution in [2.24, 2.45) is 0 Å². The second-order valence-electron chi connectivity index (χ2n) is 8.74. The second kappa shape index (κ2) is 9.90. The summed E-state index contributed by atoms with van der Waals surface area (Å²) >= 11 is 0. The lowest BCUT2D eigenvalue weighted by molar-refractivity contribution is 0.0708. The lowest BCUT2D eigenvalue weighted by atomic mass is 10.0. The maximum atomic E-state index is 13.6. The monoisotopic (exact) mass is 438 g/mol. The van der Waals surface area contributed by atoms with Crippen molar-refractivity contribution >= 4 is 22.5 Å². The first-order valence-electron chi connectivity index (χ1n) is 11.8. The second-order valence-corrected chi connectivity index (χ2v) is 8.74. The number of nitrogens with zero attached hydrogens (tertiary/aromatic N) is 3. The van der Waals surface area contributed by atoms with E-state index in [9.17, 15) is 4.79 Å². The standard InChI is InChI=1S/C28H30N4O/c33-28(31-18-14-25(15-19-31)30-24-11-16-29-17-12-24)27-21-23-9-5-6-10-26(23)32(27)20-13-22-7-3-1-2-4-8-22/h1-3,5-12,16-17,21,25H,4,13-15,18-20H2,(H,29,30). The first kappa shape index (κ1) is 21.3. The maximum absolute atomic E-state index is 13.6. The lowest BCUT2D eigenvalue weighted by Crippen LogP contribution is -2.43. The number of piperidine rings is 1. The van der Waals surface area contributed by atoms with Gasteiger partial charge in [-0.25, -0.2) is 0 Å². The van der Waals surface area contributed by atoms with Crippen LogP contribution in [0.5, 0.6) is 0 Å². The van der Waals surface area contributed by atoms with Gasteiger partial charge in [0, 0.05) is 54.7 Å². The van der Waals surface area contributed by atoms with Crippen molar-refractivity contribution in [2.75, 3.05) is 18.4 Å². The van der Waals surface area contributed by atoms with Crippen LogP contribution in [0.3, 0.4) is 0 Å². The molecule has 0 atom stereocenters. The quantitative estimate of drug-likeness (QED) is 0.546. The van der Waals surface area contributed by atoms with Crippen molar-refractivity contribution in [1.82, 2.24) is 14.5 Å². The van der Waals surface area contributed by atoms with Crippen LogP contribution in [0.2, 0.25) is 0 Å². The highest BCUT2D eigenvalue weighted by molar-refractivity contribution is 5.98. The molecule has 2 aromatic heterocycles. The van der Waals surface area contributed by atoms with Crippen LogP contribution in [-0.2, 0) is 6.54 Å². The van der Waals surface area contributed by atoms with E-state index in [0.29, 0.717) is 6.04 Å². The van der Waals surface area contributed by atoms with E-state index in [1.807, 2.05) is 23.1 Å². The number of carbonyl (C=O) groups excluding carboxylic acids is 1. The number of benzene rings is 1. The number of aryl methyl sites for hydroxylation is 1. The fourth-order valence-electron chi connectivity index (χ4n) is 4.75. The predicted octanol–water partition coefficient (Wildman–Crippen LogP) is 5.59. The minimum atomic E-state index is 0.139. The Morgan fingerprint density at radius 3 is 2.73 bits per heavy atom. The van der Waals surface area contributed by atoms with Crippen LogP contribution in [0.4, 0.5) is 5.69 Å². The summed E-state index contributed by atoms with van der Waals surface area (Å²) in [4.78, 5) is 19.7. The van der Waals surface area contributed by atoms with Gasteiger partial charge in [0.1, 0.15) is 5.69 Å². The third-order valence-electron chi connectivity index (χ3n) is 6.56. The first-order valence-corrected chi connectivity index (χ1v) is 11.8.